The fraction of sp³-hybridized carbons (Fsp3) is 0.500. The zero-order valence-electron chi connectivity index (χ0n) is 18.7. The lowest BCUT2D eigenvalue weighted by molar-refractivity contribution is -0.139. The average molecular weight is 480 g/mol. The first kappa shape index (κ1) is 26.7. The predicted octanol–water partition coefficient (Wildman–Crippen LogP) is 5.53. The number of hydrogen-bond acceptors (Lipinski definition) is 4. The number of ether oxygens (including phenoxy) is 1. The van der Waals surface area contributed by atoms with Crippen LogP contribution in [0.25, 0.3) is 0 Å². The number of aryl methyl sites for hydroxylation is 1. The minimum absolute atomic E-state index is 0.0238. The number of aliphatic hydroxyl groups excluding tert-OH is 1. The van der Waals surface area contributed by atoms with Crippen molar-refractivity contribution in [3.05, 3.63) is 57.9 Å². The third-order valence-corrected chi connectivity index (χ3v) is 4.81. The van der Waals surface area contributed by atoms with Gasteiger partial charge in [0.25, 0.3) is 0 Å². The Morgan fingerprint density at radius 2 is 1.61 bits per heavy atom. The van der Waals surface area contributed by atoms with Gasteiger partial charge >= 0.3 is 18.3 Å². The van der Waals surface area contributed by atoms with E-state index in [1.807, 2.05) is 0 Å². The number of benzene rings is 1. The summed E-state index contributed by atoms with van der Waals surface area (Å²) in [5.74, 6) is -1.12. The summed E-state index contributed by atoms with van der Waals surface area (Å²) in [6.07, 6.45) is -10.7. The largest absolute Gasteiger partial charge is 0.456 e. The molecule has 11 heteroatoms. The summed E-state index contributed by atoms with van der Waals surface area (Å²) in [7, 11) is 0. The second kappa shape index (κ2) is 9.38. The maximum absolute atomic E-state index is 13.8. The van der Waals surface area contributed by atoms with Crippen molar-refractivity contribution in [1.82, 2.24) is 10.3 Å². The number of aromatic amines is 1. The summed E-state index contributed by atoms with van der Waals surface area (Å²) in [6, 6.07) is 3.01. The summed E-state index contributed by atoms with van der Waals surface area (Å²) in [5, 5.41) is 13.1. The van der Waals surface area contributed by atoms with Gasteiger partial charge in [0.2, 0.25) is 0 Å². The van der Waals surface area contributed by atoms with Crippen molar-refractivity contribution < 1.29 is 41.0 Å². The standard InChI is InChI=1S/C22H26F6N2O3/c1-11-16(19(32)33-20(3,4)5)17(22(26,27)28)15(30-11)10-29-12(2)18(31)13-6-8-14(9-7-13)21(23,24)25/h6-9,12,18,29-31H,10H2,1-5H3. The third-order valence-electron chi connectivity index (χ3n) is 4.81. The van der Waals surface area contributed by atoms with Gasteiger partial charge in [-0.15, -0.1) is 0 Å². The van der Waals surface area contributed by atoms with Crippen LogP contribution < -0.4 is 5.32 Å². The normalized spacial score (nSPS) is 14.8. The summed E-state index contributed by atoms with van der Waals surface area (Å²) in [6.45, 7) is 7.00. The number of alkyl halides is 6. The smallest absolute Gasteiger partial charge is 0.419 e. The van der Waals surface area contributed by atoms with Crippen LogP contribution in [0, 0.1) is 6.92 Å². The number of carbonyl (C=O) groups excluding carboxylic acids is 1. The van der Waals surface area contributed by atoms with Gasteiger partial charge < -0.3 is 20.1 Å². The lowest BCUT2D eigenvalue weighted by atomic mass is 10.0. The molecule has 0 spiro atoms. The average Bonchev–Trinajstić information content (AvgIpc) is 3.00. The van der Waals surface area contributed by atoms with Gasteiger partial charge in [0.05, 0.1) is 22.8 Å². The van der Waals surface area contributed by atoms with E-state index in [-0.39, 0.29) is 17.0 Å². The number of hydrogen-bond donors (Lipinski definition) is 3. The lowest BCUT2D eigenvalue weighted by Crippen LogP contribution is -2.32. The first-order valence-corrected chi connectivity index (χ1v) is 10.0. The van der Waals surface area contributed by atoms with Crippen LogP contribution in [0.5, 0.6) is 0 Å². The molecule has 1 aromatic heterocycles. The molecular weight excluding hydrogens is 454 g/mol. The molecule has 2 atom stereocenters. The summed E-state index contributed by atoms with van der Waals surface area (Å²) in [5.41, 5.74) is -3.86. The van der Waals surface area contributed by atoms with Gasteiger partial charge in [-0.25, -0.2) is 4.79 Å². The maximum atomic E-state index is 13.8. The number of halogens is 6. The minimum atomic E-state index is -4.86. The fourth-order valence-electron chi connectivity index (χ4n) is 3.25. The van der Waals surface area contributed by atoms with Gasteiger partial charge in [0.1, 0.15) is 5.60 Å². The SMILES string of the molecule is Cc1[nH]c(CNC(C)C(O)c2ccc(C(F)(F)F)cc2)c(C(F)(F)F)c1C(=O)OC(C)(C)C. The van der Waals surface area contributed by atoms with Gasteiger partial charge in [-0.1, -0.05) is 12.1 Å². The van der Waals surface area contributed by atoms with E-state index in [2.05, 4.69) is 10.3 Å². The van der Waals surface area contributed by atoms with Crippen LogP contribution in [0.1, 0.15) is 72.2 Å². The molecule has 1 aromatic carbocycles. The molecular formula is C22H26F6N2O3. The van der Waals surface area contributed by atoms with Gasteiger partial charge in [0.15, 0.2) is 0 Å². The number of carbonyl (C=O) groups is 1. The first-order valence-electron chi connectivity index (χ1n) is 10.0. The van der Waals surface area contributed by atoms with E-state index in [1.54, 1.807) is 0 Å². The molecule has 3 N–H and O–H groups in total. The van der Waals surface area contributed by atoms with E-state index < -0.39 is 59.3 Å². The molecule has 1 heterocycles. The highest BCUT2D eigenvalue weighted by molar-refractivity contribution is 5.93. The van der Waals surface area contributed by atoms with Crippen molar-refractivity contribution in [2.24, 2.45) is 0 Å². The molecule has 0 bridgehead atoms. The van der Waals surface area contributed by atoms with Crippen LogP contribution in [0.2, 0.25) is 0 Å². The molecule has 2 aromatic rings. The van der Waals surface area contributed by atoms with Crippen molar-refractivity contribution in [3.8, 4) is 0 Å². The number of esters is 1. The second-order valence-corrected chi connectivity index (χ2v) is 8.71. The van der Waals surface area contributed by atoms with E-state index in [4.69, 9.17) is 4.74 Å². The zero-order valence-corrected chi connectivity index (χ0v) is 18.7. The Bertz CT molecular complexity index is 972. The molecule has 0 saturated heterocycles. The third kappa shape index (κ3) is 6.73. The van der Waals surface area contributed by atoms with Crippen LogP contribution in [-0.2, 0) is 23.6 Å². The number of nitrogens with one attached hydrogen (secondary N) is 2. The second-order valence-electron chi connectivity index (χ2n) is 8.71. The van der Waals surface area contributed by atoms with Crippen molar-refractivity contribution in [1.29, 1.82) is 0 Å². The Kier molecular flexibility index (Phi) is 7.59. The van der Waals surface area contributed by atoms with Crippen molar-refractivity contribution >= 4 is 5.97 Å². The van der Waals surface area contributed by atoms with E-state index in [1.165, 1.54) is 34.6 Å². The Labute approximate surface area is 187 Å². The molecule has 0 amide bonds. The van der Waals surface area contributed by atoms with Gasteiger partial charge in [-0.05, 0) is 52.3 Å². The highest BCUT2D eigenvalue weighted by atomic mass is 19.4. The fourth-order valence-corrected chi connectivity index (χ4v) is 3.25. The molecule has 0 radical (unpaired) electrons. The molecule has 2 unspecified atom stereocenters. The topological polar surface area (TPSA) is 74.4 Å². The maximum Gasteiger partial charge on any atom is 0.419 e. The quantitative estimate of drug-likeness (QED) is 0.376. The zero-order chi connectivity index (χ0) is 25.4. The van der Waals surface area contributed by atoms with E-state index in [0.717, 1.165) is 24.3 Å². The Balaban J connectivity index is 2.23. The number of aromatic nitrogens is 1. The minimum Gasteiger partial charge on any atom is -0.456 e. The molecule has 0 aliphatic carbocycles. The molecule has 0 aliphatic heterocycles. The van der Waals surface area contributed by atoms with Gasteiger partial charge in [-0.3, -0.25) is 0 Å². The predicted molar refractivity (Wildman–Crippen MR) is 108 cm³/mol. The van der Waals surface area contributed by atoms with Crippen molar-refractivity contribution in [3.63, 3.8) is 0 Å². The lowest BCUT2D eigenvalue weighted by Gasteiger charge is -2.22. The van der Waals surface area contributed by atoms with E-state index in [0.29, 0.717) is 0 Å². The first-order chi connectivity index (χ1) is 14.9. The molecule has 33 heavy (non-hydrogen) atoms. The molecule has 0 saturated carbocycles. The molecule has 0 aliphatic rings. The summed E-state index contributed by atoms with van der Waals surface area (Å²) in [4.78, 5) is 15.0. The molecule has 0 fully saturated rings. The Morgan fingerprint density at radius 3 is 2.06 bits per heavy atom. The highest BCUT2D eigenvalue weighted by Crippen LogP contribution is 2.37. The number of aliphatic hydroxyl groups is 1. The number of rotatable bonds is 6. The van der Waals surface area contributed by atoms with Crippen LogP contribution >= 0.6 is 0 Å². The van der Waals surface area contributed by atoms with Crippen LogP contribution in [0.3, 0.4) is 0 Å². The Hall–Kier alpha value is -2.53. The summed E-state index contributed by atoms with van der Waals surface area (Å²) < 4.78 is 84.6. The van der Waals surface area contributed by atoms with E-state index in [9.17, 15) is 36.2 Å². The molecule has 2 rings (SSSR count). The van der Waals surface area contributed by atoms with E-state index >= 15 is 0 Å². The molecule has 184 valence electrons. The monoisotopic (exact) mass is 480 g/mol. The van der Waals surface area contributed by atoms with Gasteiger partial charge in [-0.2, -0.15) is 26.3 Å². The van der Waals surface area contributed by atoms with Crippen molar-refractivity contribution in [2.75, 3.05) is 0 Å². The van der Waals surface area contributed by atoms with Crippen LogP contribution in [0.4, 0.5) is 26.3 Å². The van der Waals surface area contributed by atoms with Crippen molar-refractivity contribution in [2.45, 2.75) is 71.3 Å². The van der Waals surface area contributed by atoms with Crippen LogP contribution in [0.15, 0.2) is 24.3 Å². The number of H-pyrrole nitrogens is 1. The Morgan fingerprint density at radius 1 is 1.06 bits per heavy atom. The molecule has 5 nitrogen and oxygen atoms in total. The van der Waals surface area contributed by atoms with Gasteiger partial charge in [0, 0.05) is 24.0 Å². The van der Waals surface area contributed by atoms with Crippen LogP contribution in [-0.4, -0.2) is 27.7 Å². The highest BCUT2D eigenvalue weighted by Gasteiger charge is 2.42. The summed E-state index contributed by atoms with van der Waals surface area (Å²) >= 11 is 0.